The number of hydrogen-bond donors (Lipinski definition) is 3. The van der Waals surface area contributed by atoms with Gasteiger partial charge in [0, 0.05) is 6.54 Å². The van der Waals surface area contributed by atoms with Gasteiger partial charge < -0.3 is 10.4 Å². The first-order chi connectivity index (χ1) is 10.0. The molecule has 0 atom stereocenters. The molecular formula is C12H12FN5O3. The normalized spacial score (nSPS) is 10.1. The first-order valence-electron chi connectivity index (χ1n) is 5.94. The summed E-state index contributed by atoms with van der Waals surface area (Å²) in [4.78, 5) is 23.0. The van der Waals surface area contributed by atoms with Crippen molar-refractivity contribution in [3.8, 4) is 0 Å². The third-order valence-electron chi connectivity index (χ3n) is 2.42. The van der Waals surface area contributed by atoms with E-state index < -0.39 is 18.5 Å². The zero-order chi connectivity index (χ0) is 15.2. The number of carbonyl (C=O) groups is 2. The van der Waals surface area contributed by atoms with Gasteiger partial charge in [-0.05, 0) is 17.7 Å². The Morgan fingerprint density at radius 3 is 2.67 bits per heavy atom. The Morgan fingerprint density at radius 1 is 1.29 bits per heavy atom. The van der Waals surface area contributed by atoms with E-state index in [1.807, 2.05) is 0 Å². The molecule has 0 aliphatic rings. The minimum atomic E-state index is -1.09. The zero-order valence-electron chi connectivity index (χ0n) is 10.8. The molecule has 0 radical (unpaired) electrons. The van der Waals surface area contributed by atoms with Crippen LogP contribution in [-0.2, 0) is 17.9 Å². The topological polar surface area (TPSA) is 109 Å². The van der Waals surface area contributed by atoms with Crippen molar-refractivity contribution in [1.82, 2.24) is 20.3 Å². The predicted octanol–water partition coefficient (Wildman–Crippen LogP) is 0.823. The molecule has 0 aliphatic heterocycles. The van der Waals surface area contributed by atoms with Crippen LogP contribution in [0, 0.1) is 5.82 Å². The predicted molar refractivity (Wildman–Crippen MR) is 69.9 cm³/mol. The van der Waals surface area contributed by atoms with E-state index >= 15 is 0 Å². The first-order valence-corrected chi connectivity index (χ1v) is 5.94. The molecule has 8 nitrogen and oxygen atoms in total. The van der Waals surface area contributed by atoms with Crippen molar-refractivity contribution in [2.75, 3.05) is 5.32 Å². The van der Waals surface area contributed by atoms with Gasteiger partial charge in [-0.1, -0.05) is 12.1 Å². The molecule has 1 aromatic carbocycles. The maximum absolute atomic E-state index is 12.7. The highest BCUT2D eigenvalue weighted by Gasteiger charge is 2.07. The van der Waals surface area contributed by atoms with Gasteiger partial charge in [0.2, 0.25) is 0 Å². The van der Waals surface area contributed by atoms with Gasteiger partial charge in [0.1, 0.15) is 5.82 Å². The monoisotopic (exact) mass is 293 g/mol. The van der Waals surface area contributed by atoms with Crippen LogP contribution in [0.3, 0.4) is 0 Å². The van der Waals surface area contributed by atoms with Gasteiger partial charge in [-0.2, -0.15) is 9.90 Å². The van der Waals surface area contributed by atoms with Gasteiger partial charge in [-0.15, -0.1) is 5.10 Å². The van der Waals surface area contributed by atoms with Crippen LogP contribution in [0.2, 0.25) is 0 Å². The fourth-order valence-electron chi connectivity index (χ4n) is 1.50. The van der Waals surface area contributed by atoms with E-state index in [0.29, 0.717) is 0 Å². The van der Waals surface area contributed by atoms with Crippen molar-refractivity contribution in [3.63, 3.8) is 0 Å². The molecule has 0 saturated heterocycles. The van der Waals surface area contributed by atoms with Crippen LogP contribution in [0.1, 0.15) is 5.56 Å². The van der Waals surface area contributed by atoms with Crippen molar-refractivity contribution in [2.24, 2.45) is 0 Å². The second-order valence-electron chi connectivity index (χ2n) is 4.09. The van der Waals surface area contributed by atoms with E-state index in [1.165, 1.54) is 18.3 Å². The molecule has 0 aliphatic carbocycles. The first kappa shape index (κ1) is 14.4. The van der Waals surface area contributed by atoms with Gasteiger partial charge in [0.05, 0.1) is 6.20 Å². The summed E-state index contributed by atoms with van der Waals surface area (Å²) in [6.45, 7) is -0.172. The summed E-state index contributed by atoms with van der Waals surface area (Å²) in [6.07, 6.45) is 1.24. The lowest BCUT2D eigenvalue weighted by Gasteiger charge is -2.05. The maximum atomic E-state index is 12.7. The van der Waals surface area contributed by atoms with Crippen LogP contribution < -0.4 is 10.6 Å². The molecule has 0 unspecified atom stereocenters. The Kier molecular flexibility index (Phi) is 4.44. The van der Waals surface area contributed by atoms with Crippen LogP contribution in [0.25, 0.3) is 0 Å². The fraction of sp³-hybridized carbons (Fsp3) is 0.167. The van der Waals surface area contributed by atoms with E-state index in [-0.39, 0.29) is 18.2 Å². The van der Waals surface area contributed by atoms with Crippen molar-refractivity contribution in [1.29, 1.82) is 0 Å². The van der Waals surface area contributed by atoms with Gasteiger partial charge in [0.25, 0.3) is 0 Å². The Balaban J connectivity index is 1.82. The summed E-state index contributed by atoms with van der Waals surface area (Å²) < 4.78 is 12.7. The summed E-state index contributed by atoms with van der Waals surface area (Å²) in [5, 5.41) is 21.0. The van der Waals surface area contributed by atoms with E-state index in [2.05, 4.69) is 20.8 Å². The average molecular weight is 293 g/mol. The molecule has 2 aromatic rings. The summed E-state index contributed by atoms with van der Waals surface area (Å²) >= 11 is 0. The van der Waals surface area contributed by atoms with Gasteiger partial charge in [-0.3, -0.25) is 10.1 Å². The van der Waals surface area contributed by atoms with Gasteiger partial charge >= 0.3 is 12.0 Å². The summed E-state index contributed by atoms with van der Waals surface area (Å²) in [6, 6.07) is 5.18. The summed E-state index contributed by atoms with van der Waals surface area (Å²) in [5.74, 6) is -1.30. The number of carboxylic acids is 1. The molecular weight excluding hydrogens is 281 g/mol. The van der Waals surface area contributed by atoms with Crippen LogP contribution in [0.5, 0.6) is 0 Å². The number of aromatic nitrogens is 3. The number of hydrogen-bond acceptors (Lipinski definition) is 4. The summed E-state index contributed by atoms with van der Waals surface area (Å²) in [5.41, 5.74) is 0.737. The van der Waals surface area contributed by atoms with Crippen LogP contribution in [0.4, 0.5) is 15.0 Å². The number of carboxylic acid groups (broad SMARTS) is 1. The fourth-order valence-corrected chi connectivity index (χ4v) is 1.50. The lowest BCUT2D eigenvalue weighted by molar-refractivity contribution is -0.138. The van der Waals surface area contributed by atoms with Crippen molar-refractivity contribution >= 4 is 17.8 Å². The summed E-state index contributed by atoms with van der Waals surface area (Å²) in [7, 11) is 0. The molecule has 0 saturated carbocycles. The SMILES string of the molecule is O=C(O)Cn1ncc(NC(=O)NCc2ccc(F)cc2)n1. The number of amides is 2. The number of aliphatic carboxylic acids is 1. The van der Waals surface area contributed by atoms with Crippen LogP contribution >= 0.6 is 0 Å². The molecule has 2 amide bonds. The second-order valence-corrected chi connectivity index (χ2v) is 4.09. The van der Waals surface area contributed by atoms with E-state index in [4.69, 9.17) is 5.11 Å². The van der Waals surface area contributed by atoms with Gasteiger partial charge in [-0.25, -0.2) is 9.18 Å². The highest BCUT2D eigenvalue weighted by molar-refractivity contribution is 5.87. The second kappa shape index (κ2) is 6.46. The number of nitrogens with zero attached hydrogens (tertiary/aromatic N) is 3. The molecule has 0 spiro atoms. The highest BCUT2D eigenvalue weighted by Crippen LogP contribution is 2.03. The third-order valence-corrected chi connectivity index (χ3v) is 2.42. The molecule has 21 heavy (non-hydrogen) atoms. The number of benzene rings is 1. The van der Waals surface area contributed by atoms with Crippen molar-refractivity contribution < 1.29 is 19.1 Å². The quantitative estimate of drug-likeness (QED) is 0.756. The molecule has 0 bridgehead atoms. The lowest BCUT2D eigenvalue weighted by atomic mass is 10.2. The number of halogens is 1. The molecule has 3 N–H and O–H groups in total. The Morgan fingerprint density at radius 2 is 2.00 bits per heavy atom. The van der Waals surface area contributed by atoms with E-state index in [9.17, 15) is 14.0 Å². The molecule has 9 heteroatoms. The van der Waals surface area contributed by atoms with Gasteiger partial charge in [0.15, 0.2) is 12.4 Å². The van der Waals surface area contributed by atoms with Crippen LogP contribution in [-0.4, -0.2) is 32.1 Å². The molecule has 1 aromatic heterocycles. The minimum absolute atomic E-state index is 0.132. The third kappa shape index (κ3) is 4.56. The largest absolute Gasteiger partial charge is 0.480 e. The standard InChI is InChI=1S/C12H12FN5O3/c13-9-3-1-8(2-4-9)5-14-12(21)16-10-6-15-18(17-10)7-11(19)20/h1-4,6H,5,7H2,(H,19,20)(H2,14,16,17,21). The number of anilines is 1. The molecule has 1 heterocycles. The smallest absolute Gasteiger partial charge is 0.327 e. The number of carbonyl (C=O) groups excluding carboxylic acids is 1. The Hall–Kier alpha value is -2.97. The molecule has 0 fully saturated rings. The molecule has 110 valence electrons. The number of urea groups is 1. The van der Waals surface area contributed by atoms with Crippen molar-refractivity contribution in [3.05, 3.63) is 41.8 Å². The minimum Gasteiger partial charge on any atom is -0.480 e. The van der Waals surface area contributed by atoms with E-state index in [0.717, 1.165) is 10.4 Å². The lowest BCUT2D eigenvalue weighted by Crippen LogP contribution is -2.28. The zero-order valence-corrected chi connectivity index (χ0v) is 10.8. The average Bonchev–Trinajstić information content (AvgIpc) is 2.84. The molecule has 2 rings (SSSR count). The maximum Gasteiger partial charge on any atom is 0.327 e. The number of rotatable bonds is 5. The van der Waals surface area contributed by atoms with E-state index in [1.54, 1.807) is 12.1 Å². The van der Waals surface area contributed by atoms with Crippen LogP contribution in [0.15, 0.2) is 30.5 Å². The Labute approximate surface area is 118 Å². The highest BCUT2D eigenvalue weighted by atomic mass is 19.1. The van der Waals surface area contributed by atoms with Crippen molar-refractivity contribution in [2.45, 2.75) is 13.1 Å². The Bertz CT molecular complexity index is 641. The number of nitrogens with one attached hydrogen (secondary N) is 2.